The Balaban J connectivity index is 2.24. The Morgan fingerprint density at radius 1 is 1.45 bits per heavy atom. The smallest absolute Gasteiger partial charge is 0.143 e. The van der Waals surface area contributed by atoms with Crippen LogP contribution >= 0.6 is 0 Å². The summed E-state index contributed by atoms with van der Waals surface area (Å²) in [5.41, 5.74) is 0. The zero-order valence-electron chi connectivity index (χ0n) is 7.84. The first-order valence-electron chi connectivity index (χ1n) is 4.95. The van der Waals surface area contributed by atoms with Gasteiger partial charge in [0.05, 0.1) is 0 Å². The van der Waals surface area contributed by atoms with Gasteiger partial charge in [-0.25, -0.2) is 4.58 Å². The van der Waals surface area contributed by atoms with Crippen molar-refractivity contribution >= 4 is 6.21 Å². The molecule has 1 heteroatoms. The summed E-state index contributed by atoms with van der Waals surface area (Å²) in [6.07, 6.45) is 7.83. The maximum atomic E-state index is 2.50. The Labute approximate surface area is 70.1 Å². The molecule has 0 aromatic carbocycles. The van der Waals surface area contributed by atoms with E-state index in [1.807, 2.05) is 0 Å². The lowest BCUT2D eigenvalue weighted by Gasteiger charge is -1.93. The largest absolute Gasteiger partial charge is 0.239 e. The molecule has 0 N–H and O–H groups in total. The summed E-state index contributed by atoms with van der Waals surface area (Å²) in [4.78, 5) is 0. The van der Waals surface area contributed by atoms with E-state index < -0.39 is 0 Å². The summed E-state index contributed by atoms with van der Waals surface area (Å²) in [6.45, 7) is 7.13. The van der Waals surface area contributed by atoms with E-state index in [0.29, 0.717) is 0 Å². The fraction of sp³-hybridized carbons (Fsp3) is 0.900. The Kier molecular flexibility index (Phi) is 3.61. The summed E-state index contributed by atoms with van der Waals surface area (Å²) in [7, 11) is 0. The van der Waals surface area contributed by atoms with E-state index in [1.165, 1.54) is 38.8 Å². The van der Waals surface area contributed by atoms with Crippen molar-refractivity contribution in [3.8, 4) is 0 Å². The molecular weight excluding hydrogens is 134 g/mol. The minimum atomic E-state index is 0.881. The molecule has 0 amide bonds. The van der Waals surface area contributed by atoms with Gasteiger partial charge in [-0.1, -0.05) is 20.3 Å². The third-order valence-electron chi connectivity index (χ3n) is 2.53. The lowest BCUT2D eigenvalue weighted by atomic mass is 10.1. The molecule has 11 heavy (non-hydrogen) atoms. The van der Waals surface area contributed by atoms with Gasteiger partial charge < -0.3 is 0 Å². The molecule has 0 saturated heterocycles. The molecule has 0 aromatic heterocycles. The summed E-state index contributed by atoms with van der Waals surface area (Å²) in [6, 6.07) is 0. The molecule has 0 bridgehead atoms. The molecule has 0 saturated carbocycles. The van der Waals surface area contributed by atoms with Crippen molar-refractivity contribution in [1.29, 1.82) is 0 Å². The Morgan fingerprint density at radius 2 is 2.27 bits per heavy atom. The van der Waals surface area contributed by atoms with Crippen LogP contribution in [0, 0.1) is 5.92 Å². The second kappa shape index (κ2) is 4.53. The molecule has 1 aliphatic rings. The van der Waals surface area contributed by atoms with Crippen LogP contribution in [-0.2, 0) is 0 Å². The molecule has 0 aliphatic carbocycles. The highest BCUT2D eigenvalue weighted by atomic mass is 15.0. The van der Waals surface area contributed by atoms with Crippen LogP contribution in [0.5, 0.6) is 0 Å². The fourth-order valence-electron chi connectivity index (χ4n) is 1.64. The highest BCUT2D eigenvalue weighted by Crippen LogP contribution is 2.11. The first-order valence-corrected chi connectivity index (χ1v) is 4.95. The predicted octanol–water partition coefficient (Wildman–Crippen LogP) is 2.30. The molecule has 1 aliphatic heterocycles. The van der Waals surface area contributed by atoms with E-state index in [9.17, 15) is 0 Å². The summed E-state index contributed by atoms with van der Waals surface area (Å²) in [5, 5.41) is 0. The molecule has 0 spiro atoms. The normalized spacial score (nSPS) is 23.8. The molecule has 0 radical (unpaired) electrons. The first kappa shape index (κ1) is 8.76. The predicted molar refractivity (Wildman–Crippen MR) is 49.4 cm³/mol. The van der Waals surface area contributed by atoms with Crippen molar-refractivity contribution in [2.24, 2.45) is 5.92 Å². The van der Waals surface area contributed by atoms with E-state index in [0.717, 1.165) is 5.92 Å². The van der Waals surface area contributed by atoms with Crippen molar-refractivity contribution in [2.45, 2.75) is 39.5 Å². The Morgan fingerprint density at radius 3 is 2.82 bits per heavy atom. The van der Waals surface area contributed by atoms with E-state index >= 15 is 0 Å². The molecule has 1 rings (SSSR count). The van der Waals surface area contributed by atoms with Crippen molar-refractivity contribution in [2.75, 3.05) is 13.1 Å². The third kappa shape index (κ3) is 2.64. The third-order valence-corrected chi connectivity index (χ3v) is 2.53. The SMILES string of the molecule is CCCC[N+]1=CC(CC)CC1. The molecule has 0 aromatic rings. The average Bonchev–Trinajstić information content (AvgIpc) is 2.48. The van der Waals surface area contributed by atoms with E-state index in [-0.39, 0.29) is 0 Å². The Bertz CT molecular complexity index is 138. The van der Waals surface area contributed by atoms with Gasteiger partial charge >= 0.3 is 0 Å². The average molecular weight is 154 g/mol. The van der Waals surface area contributed by atoms with Gasteiger partial charge in [0, 0.05) is 18.8 Å². The van der Waals surface area contributed by atoms with Crippen LogP contribution in [0.25, 0.3) is 0 Å². The van der Waals surface area contributed by atoms with Gasteiger partial charge in [-0.05, 0) is 6.42 Å². The second-order valence-corrected chi connectivity index (χ2v) is 3.50. The van der Waals surface area contributed by atoms with Gasteiger partial charge in [0.1, 0.15) is 19.3 Å². The van der Waals surface area contributed by atoms with Crippen molar-refractivity contribution < 1.29 is 4.58 Å². The summed E-state index contributed by atoms with van der Waals surface area (Å²) < 4.78 is 2.50. The van der Waals surface area contributed by atoms with Crippen LogP contribution in [0.15, 0.2) is 0 Å². The van der Waals surface area contributed by atoms with E-state index in [2.05, 4.69) is 24.6 Å². The summed E-state index contributed by atoms with van der Waals surface area (Å²) >= 11 is 0. The summed E-state index contributed by atoms with van der Waals surface area (Å²) in [5.74, 6) is 0.881. The second-order valence-electron chi connectivity index (χ2n) is 3.50. The van der Waals surface area contributed by atoms with Crippen LogP contribution in [0.1, 0.15) is 39.5 Å². The van der Waals surface area contributed by atoms with E-state index in [1.54, 1.807) is 0 Å². The number of unbranched alkanes of at least 4 members (excludes halogenated alkanes) is 1. The molecule has 1 unspecified atom stereocenters. The maximum absolute atomic E-state index is 2.50. The van der Waals surface area contributed by atoms with Gasteiger partial charge in [0.2, 0.25) is 0 Å². The van der Waals surface area contributed by atoms with Crippen molar-refractivity contribution in [1.82, 2.24) is 0 Å². The quantitative estimate of drug-likeness (QED) is 0.547. The van der Waals surface area contributed by atoms with Gasteiger partial charge in [0.25, 0.3) is 0 Å². The Hall–Kier alpha value is -0.330. The molecule has 1 atom stereocenters. The van der Waals surface area contributed by atoms with Crippen LogP contribution < -0.4 is 0 Å². The highest BCUT2D eigenvalue weighted by Gasteiger charge is 2.19. The van der Waals surface area contributed by atoms with Crippen molar-refractivity contribution in [3.63, 3.8) is 0 Å². The molecule has 64 valence electrons. The van der Waals surface area contributed by atoms with Gasteiger partial charge in [-0.15, -0.1) is 0 Å². The molecular formula is C10H20N+. The van der Waals surface area contributed by atoms with Crippen LogP contribution in [0.3, 0.4) is 0 Å². The monoisotopic (exact) mass is 154 g/mol. The fourth-order valence-corrected chi connectivity index (χ4v) is 1.64. The molecule has 1 nitrogen and oxygen atoms in total. The maximum Gasteiger partial charge on any atom is 0.143 e. The number of hydrogen-bond donors (Lipinski definition) is 0. The highest BCUT2D eigenvalue weighted by molar-refractivity contribution is 5.56. The van der Waals surface area contributed by atoms with Crippen LogP contribution in [0.2, 0.25) is 0 Å². The topological polar surface area (TPSA) is 3.01 Å². The first-order chi connectivity index (χ1) is 5.36. The minimum Gasteiger partial charge on any atom is -0.239 e. The zero-order valence-corrected chi connectivity index (χ0v) is 7.84. The molecule has 0 fully saturated rings. The van der Waals surface area contributed by atoms with Crippen molar-refractivity contribution in [3.05, 3.63) is 0 Å². The van der Waals surface area contributed by atoms with Gasteiger partial charge in [-0.2, -0.15) is 0 Å². The number of rotatable bonds is 4. The number of nitrogens with zero attached hydrogens (tertiary/aromatic N) is 1. The zero-order chi connectivity index (χ0) is 8.10. The number of hydrogen-bond acceptors (Lipinski definition) is 0. The molecule has 1 heterocycles. The van der Waals surface area contributed by atoms with Crippen LogP contribution in [0.4, 0.5) is 0 Å². The standard InChI is InChI=1S/C10H20N/c1-3-5-7-11-8-6-10(4-2)9-11/h9-10H,3-8H2,1-2H3/q+1. The van der Waals surface area contributed by atoms with Crippen LogP contribution in [-0.4, -0.2) is 23.9 Å². The lowest BCUT2D eigenvalue weighted by molar-refractivity contribution is -0.516. The van der Waals surface area contributed by atoms with E-state index in [4.69, 9.17) is 0 Å². The lowest BCUT2D eigenvalue weighted by Crippen LogP contribution is -2.09. The van der Waals surface area contributed by atoms with Gasteiger partial charge in [-0.3, -0.25) is 0 Å². The van der Waals surface area contributed by atoms with Gasteiger partial charge in [0.15, 0.2) is 0 Å². The minimum absolute atomic E-state index is 0.881.